The molecule has 2 heteroatoms. The van der Waals surface area contributed by atoms with E-state index in [0.29, 0.717) is 0 Å². The molecule has 0 atom stereocenters. The van der Waals surface area contributed by atoms with Crippen LogP contribution in [0.5, 0.6) is 0 Å². The Hall–Kier alpha value is -1.41. The smallest absolute Gasteiger partial charge is 0.0745 e. The van der Waals surface area contributed by atoms with Gasteiger partial charge in [0.1, 0.15) is 0 Å². The van der Waals surface area contributed by atoms with Crippen molar-refractivity contribution in [3.8, 4) is 0 Å². The number of nitrogens with zero attached hydrogens (tertiary/aromatic N) is 1. The molecule has 0 amide bonds. The maximum atomic E-state index is 5.57. The molecular weight excluding hydrogens is 244 g/mol. The van der Waals surface area contributed by atoms with Crippen molar-refractivity contribution >= 4 is 10.9 Å². The monoisotopic (exact) mass is 270 g/mol. The summed E-state index contributed by atoms with van der Waals surface area (Å²) in [5, 5.41) is 1.28. The number of para-hydroxylation sites is 1. The van der Waals surface area contributed by atoms with Crippen LogP contribution in [0.3, 0.4) is 0 Å². The second-order valence-corrected chi connectivity index (χ2v) is 6.63. The van der Waals surface area contributed by atoms with Crippen LogP contribution in [-0.2, 0) is 11.8 Å². The highest BCUT2D eigenvalue weighted by Gasteiger charge is 2.18. The molecule has 108 valence electrons. The average molecular weight is 270 g/mol. The average Bonchev–Trinajstić information content (AvgIpc) is 2.37. The summed E-state index contributed by atoms with van der Waals surface area (Å²) in [5.74, 6) is 0. The fourth-order valence-electron chi connectivity index (χ4n) is 2.67. The van der Waals surface area contributed by atoms with Crippen LogP contribution in [0, 0.1) is 6.92 Å². The van der Waals surface area contributed by atoms with Crippen molar-refractivity contribution in [2.24, 2.45) is 5.73 Å². The molecule has 0 bridgehead atoms. The summed E-state index contributed by atoms with van der Waals surface area (Å²) in [7, 11) is 0. The molecule has 0 fully saturated rings. The molecular formula is C18H26N2. The Balaban J connectivity index is 2.50. The number of pyridine rings is 1. The maximum absolute atomic E-state index is 5.57. The summed E-state index contributed by atoms with van der Waals surface area (Å²) < 4.78 is 0. The lowest BCUT2D eigenvalue weighted by atomic mass is 9.85. The third kappa shape index (κ3) is 3.18. The predicted molar refractivity (Wildman–Crippen MR) is 87.2 cm³/mol. The normalized spacial score (nSPS) is 12.1. The van der Waals surface area contributed by atoms with Gasteiger partial charge in [-0.2, -0.15) is 0 Å². The highest BCUT2D eigenvalue weighted by molar-refractivity contribution is 5.85. The second-order valence-electron chi connectivity index (χ2n) is 6.63. The molecule has 2 nitrogen and oxygen atoms in total. The molecule has 0 aliphatic heterocycles. The maximum Gasteiger partial charge on any atom is 0.0745 e. The van der Waals surface area contributed by atoms with E-state index in [4.69, 9.17) is 10.7 Å². The van der Waals surface area contributed by atoms with Gasteiger partial charge in [-0.05, 0) is 55.3 Å². The van der Waals surface area contributed by atoms with Gasteiger partial charge >= 0.3 is 0 Å². The molecule has 20 heavy (non-hydrogen) atoms. The first-order chi connectivity index (χ1) is 9.43. The van der Waals surface area contributed by atoms with Crippen LogP contribution < -0.4 is 5.73 Å². The van der Waals surface area contributed by atoms with Crippen molar-refractivity contribution in [3.63, 3.8) is 0 Å². The quantitative estimate of drug-likeness (QED) is 0.849. The van der Waals surface area contributed by atoms with E-state index in [1.165, 1.54) is 27.7 Å². The number of unbranched alkanes of at least 4 members (excludes halogenated alkanes) is 1. The van der Waals surface area contributed by atoms with E-state index >= 15 is 0 Å². The summed E-state index contributed by atoms with van der Waals surface area (Å²) in [6, 6.07) is 8.76. The molecule has 0 aliphatic carbocycles. The van der Waals surface area contributed by atoms with Crippen LogP contribution in [0.15, 0.2) is 24.3 Å². The van der Waals surface area contributed by atoms with Gasteiger partial charge in [-0.1, -0.05) is 39.0 Å². The zero-order chi connectivity index (χ0) is 14.8. The number of aryl methyl sites for hydroxylation is 2. The fourth-order valence-corrected chi connectivity index (χ4v) is 2.67. The van der Waals surface area contributed by atoms with Crippen LogP contribution in [0.4, 0.5) is 0 Å². The number of hydrogen-bond acceptors (Lipinski definition) is 2. The number of fused-ring (bicyclic) bond motifs is 1. The molecule has 2 aromatic rings. The molecule has 1 aromatic heterocycles. The molecule has 2 rings (SSSR count). The van der Waals surface area contributed by atoms with Crippen LogP contribution in [-0.4, -0.2) is 11.5 Å². The minimum atomic E-state index is 0.120. The second kappa shape index (κ2) is 5.92. The minimum Gasteiger partial charge on any atom is -0.330 e. The summed E-state index contributed by atoms with van der Waals surface area (Å²) >= 11 is 0. The Kier molecular flexibility index (Phi) is 4.44. The summed E-state index contributed by atoms with van der Waals surface area (Å²) in [6.07, 6.45) is 3.21. The fraction of sp³-hybridized carbons (Fsp3) is 0.500. The molecule has 0 saturated heterocycles. The van der Waals surface area contributed by atoms with Gasteiger partial charge in [0.15, 0.2) is 0 Å². The van der Waals surface area contributed by atoms with E-state index in [0.717, 1.165) is 25.8 Å². The molecule has 0 aliphatic rings. The van der Waals surface area contributed by atoms with Gasteiger partial charge in [-0.15, -0.1) is 0 Å². The minimum absolute atomic E-state index is 0.120. The lowest BCUT2D eigenvalue weighted by Gasteiger charge is -2.21. The van der Waals surface area contributed by atoms with E-state index in [1.54, 1.807) is 0 Å². The molecule has 0 saturated carbocycles. The SMILES string of the molecule is Cc1cc(CCCCN)nc2c(C(C)(C)C)cccc12. The van der Waals surface area contributed by atoms with E-state index in [9.17, 15) is 0 Å². The van der Waals surface area contributed by atoms with E-state index in [1.807, 2.05) is 0 Å². The van der Waals surface area contributed by atoms with Crippen LogP contribution in [0.2, 0.25) is 0 Å². The first-order valence-corrected chi connectivity index (χ1v) is 7.53. The number of rotatable bonds is 4. The highest BCUT2D eigenvalue weighted by atomic mass is 14.7. The molecule has 2 N–H and O–H groups in total. The molecule has 0 radical (unpaired) electrons. The van der Waals surface area contributed by atoms with Gasteiger partial charge in [-0.3, -0.25) is 4.98 Å². The first-order valence-electron chi connectivity index (χ1n) is 7.53. The topological polar surface area (TPSA) is 38.9 Å². The number of hydrogen-bond donors (Lipinski definition) is 1. The standard InChI is InChI=1S/C18H26N2/c1-13-12-14(8-5-6-11-19)20-17-15(13)9-7-10-16(17)18(2,3)4/h7,9-10,12H,5-6,8,11,19H2,1-4H3. The molecule has 1 heterocycles. The Morgan fingerprint density at radius 1 is 1.15 bits per heavy atom. The molecule has 1 aromatic carbocycles. The third-order valence-electron chi connectivity index (χ3n) is 3.79. The van der Waals surface area contributed by atoms with Gasteiger partial charge in [0, 0.05) is 11.1 Å². The van der Waals surface area contributed by atoms with Crippen LogP contribution >= 0.6 is 0 Å². The summed E-state index contributed by atoms with van der Waals surface area (Å²) in [5.41, 5.74) is 10.7. The Morgan fingerprint density at radius 3 is 2.55 bits per heavy atom. The predicted octanol–water partition coefficient (Wildman–Crippen LogP) is 4.12. The summed E-state index contributed by atoms with van der Waals surface area (Å²) in [4.78, 5) is 4.93. The van der Waals surface area contributed by atoms with Crippen LogP contribution in [0.25, 0.3) is 10.9 Å². The third-order valence-corrected chi connectivity index (χ3v) is 3.79. The summed E-state index contributed by atoms with van der Waals surface area (Å²) in [6.45, 7) is 9.70. The van der Waals surface area contributed by atoms with Crippen molar-refractivity contribution < 1.29 is 0 Å². The van der Waals surface area contributed by atoms with Gasteiger partial charge < -0.3 is 5.73 Å². The van der Waals surface area contributed by atoms with Crippen molar-refractivity contribution in [3.05, 3.63) is 41.1 Å². The van der Waals surface area contributed by atoms with Crippen LogP contribution in [0.1, 0.15) is 50.4 Å². The van der Waals surface area contributed by atoms with E-state index < -0.39 is 0 Å². The van der Waals surface area contributed by atoms with Crippen molar-refractivity contribution in [2.45, 2.75) is 52.4 Å². The molecule has 0 spiro atoms. The Morgan fingerprint density at radius 2 is 1.90 bits per heavy atom. The number of aromatic nitrogens is 1. The van der Waals surface area contributed by atoms with Gasteiger partial charge in [0.25, 0.3) is 0 Å². The van der Waals surface area contributed by atoms with Crippen molar-refractivity contribution in [1.82, 2.24) is 4.98 Å². The lowest BCUT2D eigenvalue weighted by Crippen LogP contribution is -2.13. The van der Waals surface area contributed by atoms with E-state index in [-0.39, 0.29) is 5.41 Å². The molecule has 0 unspecified atom stereocenters. The Labute approximate surface area is 122 Å². The lowest BCUT2D eigenvalue weighted by molar-refractivity contribution is 0.594. The van der Waals surface area contributed by atoms with Gasteiger partial charge in [0.05, 0.1) is 5.52 Å². The van der Waals surface area contributed by atoms with Gasteiger partial charge in [0.2, 0.25) is 0 Å². The number of benzene rings is 1. The highest BCUT2D eigenvalue weighted by Crippen LogP contribution is 2.30. The largest absolute Gasteiger partial charge is 0.330 e. The van der Waals surface area contributed by atoms with Crippen molar-refractivity contribution in [1.29, 1.82) is 0 Å². The number of nitrogens with two attached hydrogens (primary N) is 1. The van der Waals surface area contributed by atoms with Crippen molar-refractivity contribution in [2.75, 3.05) is 6.54 Å². The Bertz CT molecular complexity index is 594. The van der Waals surface area contributed by atoms with Gasteiger partial charge in [-0.25, -0.2) is 0 Å². The van der Waals surface area contributed by atoms with E-state index in [2.05, 4.69) is 52.0 Å². The zero-order valence-electron chi connectivity index (χ0n) is 13.2. The first kappa shape index (κ1) is 15.0. The zero-order valence-corrected chi connectivity index (χ0v) is 13.2.